The first-order valence-electron chi connectivity index (χ1n) is 13.9. The number of hydrogen-bond acceptors (Lipinski definition) is 7. The van der Waals surface area contributed by atoms with Crippen LogP contribution in [-0.4, -0.2) is 96.7 Å². The van der Waals surface area contributed by atoms with Crippen molar-refractivity contribution >= 4 is 17.8 Å². The van der Waals surface area contributed by atoms with Crippen molar-refractivity contribution in [2.75, 3.05) is 20.1 Å². The molecule has 5 rings (SSSR count). The van der Waals surface area contributed by atoms with Crippen LogP contribution >= 0.6 is 0 Å². The van der Waals surface area contributed by atoms with E-state index in [1.807, 2.05) is 16.7 Å². The van der Waals surface area contributed by atoms with Crippen molar-refractivity contribution in [3.63, 3.8) is 0 Å². The largest absolute Gasteiger partial charge is 0.490 e. The van der Waals surface area contributed by atoms with Crippen LogP contribution in [0.25, 0.3) is 0 Å². The minimum absolute atomic E-state index is 0.0464. The smallest absolute Gasteiger partial charge is 0.475 e. The number of rotatable bonds is 4. The number of benzene rings is 1. The van der Waals surface area contributed by atoms with Gasteiger partial charge in [0, 0.05) is 32.2 Å². The van der Waals surface area contributed by atoms with Crippen LogP contribution in [0.1, 0.15) is 60.5 Å². The van der Waals surface area contributed by atoms with Gasteiger partial charge in [0.1, 0.15) is 11.6 Å². The molecule has 1 aromatic heterocycles. The molecule has 45 heavy (non-hydrogen) atoms. The van der Waals surface area contributed by atoms with E-state index < -0.39 is 24.3 Å². The Labute approximate surface area is 253 Å². The Bertz CT molecular complexity index is 1300. The molecule has 2 fully saturated rings. The number of carbonyl (C=O) groups is 3. The van der Waals surface area contributed by atoms with Crippen molar-refractivity contribution in [1.82, 2.24) is 29.9 Å². The van der Waals surface area contributed by atoms with Crippen molar-refractivity contribution in [1.29, 1.82) is 0 Å². The summed E-state index contributed by atoms with van der Waals surface area (Å²) in [7, 11) is 2.14. The molecule has 3 N–H and O–H groups in total. The van der Waals surface area contributed by atoms with Crippen molar-refractivity contribution in [3.8, 4) is 0 Å². The van der Waals surface area contributed by atoms with Gasteiger partial charge in [-0.25, -0.2) is 14.0 Å². The number of carboxylic acids is 2. The van der Waals surface area contributed by atoms with Gasteiger partial charge < -0.3 is 20.1 Å². The monoisotopic (exact) mass is 654 g/mol. The van der Waals surface area contributed by atoms with Gasteiger partial charge >= 0.3 is 24.3 Å². The standard InChI is InChI=1S/C23H31FN6O.2C2HF3O2/c1-28-14-20-26-27-21(22(31)25-19-5-3-2-4-6-19)30(20)16-23(28)11-12-29(15-23)13-17-7-9-18(24)10-8-17;2*3-2(4,5)1(6)7/h7-10,19H,2-6,11-16H2,1H3,(H,25,31);2*(H,6,7). The van der Waals surface area contributed by atoms with Crippen LogP contribution in [0.3, 0.4) is 0 Å². The SMILES string of the molecule is CN1Cc2nnc(C(=O)NC3CCCCC3)n2CC12CCN(Cc1ccc(F)cc1)C2.O=C(O)C(F)(F)F.O=C(O)C(F)(F)F. The number of likely N-dealkylation sites (tertiary alicyclic amines) is 1. The Hall–Kier alpha value is -3.80. The second kappa shape index (κ2) is 14.5. The topological polar surface area (TPSA) is 141 Å². The molecule has 1 unspecified atom stereocenters. The molecule has 3 heterocycles. The number of carbonyl (C=O) groups excluding carboxylic acids is 1. The molecule has 1 saturated carbocycles. The van der Waals surface area contributed by atoms with Gasteiger partial charge in [0.2, 0.25) is 5.82 Å². The molecule has 2 aromatic rings. The summed E-state index contributed by atoms with van der Waals surface area (Å²) in [6.45, 7) is 4.10. The van der Waals surface area contributed by atoms with Crippen LogP contribution in [0.15, 0.2) is 24.3 Å². The van der Waals surface area contributed by atoms with Crippen molar-refractivity contribution in [2.24, 2.45) is 0 Å². The molecule has 1 aromatic carbocycles. The molecule has 0 bridgehead atoms. The number of amides is 1. The third-order valence-corrected chi connectivity index (χ3v) is 7.83. The molecule has 1 spiro atoms. The van der Waals surface area contributed by atoms with E-state index in [1.54, 1.807) is 0 Å². The van der Waals surface area contributed by atoms with Gasteiger partial charge in [0.15, 0.2) is 0 Å². The molecule has 1 atom stereocenters. The Morgan fingerprint density at radius 2 is 1.49 bits per heavy atom. The van der Waals surface area contributed by atoms with Crippen LogP contribution < -0.4 is 5.32 Å². The summed E-state index contributed by atoms with van der Waals surface area (Å²) in [6.07, 6.45) is -3.42. The summed E-state index contributed by atoms with van der Waals surface area (Å²) >= 11 is 0. The first-order valence-corrected chi connectivity index (χ1v) is 13.9. The molecule has 1 amide bonds. The highest BCUT2D eigenvalue weighted by Crippen LogP contribution is 2.35. The number of carboxylic acid groups (broad SMARTS) is 2. The van der Waals surface area contributed by atoms with E-state index in [0.29, 0.717) is 12.4 Å². The number of likely N-dealkylation sites (N-methyl/N-ethyl adjacent to an activating group) is 1. The number of halogens is 7. The van der Waals surface area contributed by atoms with E-state index in [2.05, 4.69) is 32.4 Å². The Balaban J connectivity index is 0.000000331. The molecule has 18 heteroatoms. The second-order valence-corrected chi connectivity index (χ2v) is 11.1. The molecule has 3 aliphatic rings. The maximum Gasteiger partial charge on any atom is 0.490 e. The number of hydrogen-bond donors (Lipinski definition) is 3. The predicted molar refractivity (Wildman–Crippen MR) is 142 cm³/mol. The first kappa shape index (κ1) is 35.7. The predicted octanol–water partition coefficient (Wildman–Crippen LogP) is 3.84. The van der Waals surface area contributed by atoms with Gasteiger partial charge in [-0.3, -0.25) is 14.6 Å². The number of aliphatic carboxylic acids is 2. The zero-order chi connectivity index (χ0) is 33.6. The van der Waals surface area contributed by atoms with E-state index in [0.717, 1.165) is 56.8 Å². The molecule has 1 aliphatic carbocycles. The van der Waals surface area contributed by atoms with Crippen molar-refractivity contribution in [2.45, 2.75) is 82.1 Å². The number of nitrogens with one attached hydrogen (secondary N) is 1. The van der Waals surface area contributed by atoms with Gasteiger partial charge in [-0.15, -0.1) is 10.2 Å². The second-order valence-electron chi connectivity index (χ2n) is 11.1. The highest BCUT2D eigenvalue weighted by Gasteiger charge is 2.46. The Morgan fingerprint density at radius 3 is 2.02 bits per heavy atom. The summed E-state index contributed by atoms with van der Waals surface area (Å²) in [5.74, 6) is -4.50. The van der Waals surface area contributed by atoms with Gasteiger partial charge in [-0.05, 0) is 44.0 Å². The molecular formula is C27H33F7N6O5. The summed E-state index contributed by atoms with van der Waals surface area (Å²) < 4.78 is 78.7. The summed E-state index contributed by atoms with van der Waals surface area (Å²) in [4.78, 5) is 35.5. The van der Waals surface area contributed by atoms with E-state index in [4.69, 9.17) is 19.8 Å². The number of aromatic nitrogens is 3. The van der Waals surface area contributed by atoms with Crippen molar-refractivity contribution < 1.29 is 55.3 Å². The van der Waals surface area contributed by atoms with Gasteiger partial charge in [0.05, 0.1) is 12.1 Å². The van der Waals surface area contributed by atoms with Crippen LogP contribution in [0.4, 0.5) is 30.7 Å². The average molecular weight is 655 g/mol. The highest BCUT2D eigenvalue weighted by atomic mass is 19.4. The molecule has 1 saturated heterocycles. The van der Waals surface area contributed by atoms with Crippen LogP contribution in [0, 0.1) is 5.82 Å². The minimum atomic E-state index is -5.08. The van der Waals surface area contributed by atoms with E-state index in [-0.39, 0.29) is 23.3 Å². The zero-order valence-electron chi connectivity index (χ0n) is 24.2. The number of nitrogens with zero attached hydrogens (tertiary/aromatic N) is 5. The Kier molecular flexibility index (Phi) is 11.5. The average Bonchev–Trinajstić information content (AvgIpc) is 3.55. The molecule has 11 nitrogen and oxygen atoms in total. The van der Waals surface area contributed by atoms with Crippen LogP contribution in [0.2, 0.25) is 0 Å². The fraction of sp³-hybridized carbons (Fsp3) is 0.593. The molecule has 0 radical (unpaired) electrons. The zero-order valence-corrected chi connectivity index (χ0v) is 24.2. The highest BCUT2D eigenvalue weighted by molar-refractivity contribution is 5.91. The molecular weight excluding hydrogens is 621 g/mol. The van der Waals surface area contributed by atoms with Gasteiger partial charge in [-0.1, -0.05) is 31.4 Å². The lowest BCUT2D eigenvalue weighted by atomic mass is 9.94. The van der Waals surface area contributed by atoms with Crippen LogP contribution in [0.5, 0.6) is 0 Å². The number of fused-ring (bicyclic) bond motifs is 1. The van der Waals surface area contributed by atoms with E-state index in [9.17, 15) is 35.5 Å². The lowest BCUT2D eigenvalue weighted by Gasteiger charge is -2.43. The van der Waals surface area contributed by atoms with E-state index in [1.165, 1.54) is 31.4 Å². The van der Waals surface area contributed by atoms with E-state index >= 15 is 0 Å². The first-order chi connectivity index (χ1) is 20.9. The normalized spacial score (nSPS) is 20.8. The summed E-state index contributed by atoms with van der Waals surface area (Å²) in [5, 5.41) is 26.0. The third kappa shape index (κ3) is 9.84. The van der Waals surface area contributed by atoms with Crippen LogP contribution in [-0.2, 0) is 29.2 Å². The Morgan fingerprint density at radius 1 is 0.933 bits per heavy atom. The molecule has 250 valence electrons. The maximum atomic E-state index is 13.2. The lowest BCUT2D eigenvalue weighted by molar-refractivity contribution is -0.193. The molecule has 2 aliphatic heterocycles. The summed E-state index contributed by atoms with van der Waals surface area (Å²) in [6, 6.07) is 7.02. The quantitative estimate of drug-likeness (QED) is 0.420. The maximum absolute atomic E-state index is 13.2. The van der Waals surface area contributed by atoms with Crippen molar-refractivity contribution in [3.05, 3.63) is 47.3 Å². The van der Waals surface area contributed by atoms with Gasteiger partial charge in [0.25, 0.3) is 5.91 Å². The fourth-order valence-electron chi connectivity index (χ4n) is 5.44. The summed E-state index contributed by atoms with van der Waals surface area (Å²) in [5.41, 5.74) is 1.07. The lowest BCUT2D eigenvalue weighted by Crippen LogP contribution is -2.55. The fourth-order valence-corrected chi connectivity index (χ4v) is 5.44. The third-order valence-electron chi connectivity index (χ3n) is 7.83. The van der Waals surface area contributed by atoms with Gasteiger partial charge in [-0.2, -0.15) is 26.3 Å². The number of alkyl halides is 6. The minimum Gasteiger partial charge on any atom is -0.475 e.